The number of Topliss-reactive ketones (excluding diaryl/α,β-unsaturated/α-hetero) is 1. The van der Waals surface area contributed by atoms with Crippen molar-refractivity contribution in [2.45, 2.75) is 38.5 Å². The van der Waals surface area contributed by atoms with E-state index in [-0.39, 0.29) is 29.1 Å². The van der Waals surface area contributed by atoms with E-state index in [1.165, 1.54) is 0 Å². The van der Waals surface area contributed by atoms with Crippen LogP contribution < -0.4 is 0 Å². The SMILES string of the molecule is CCC(=O)C(C)c1nc(C2CCS(=O)(=O)C2)no1. The molecule has 100 valence electrons. The molecule has 0 spiro atoms. The number of aromatic nitrogens is 2. The van der Waals surface area contributed by atoms with E-state index in [4.69, 9.17) is 4.52 Å². The van der Waals surface area contributed by atoms with Crippen molar-refractivity contribution in [2.24, 2.45) is 0 Å². The summed E-state index contributed by atoms with van der Waals surface area (Å²) in [7, 11) is -2.96. The van der Waals surface area contributed by atoms with E-state index in [0.29, 0.717) is 18.7 Å². The topological polar surface area (TPSA) is 90.1 Å². The van der Waals surface area contributed by atoms with Crippen LogP contribution >= 0.6 is 0 Å². The van der Waals surface area contributed by atoms with Crippen molar-refractivity contribution >= 4 is 15.6 Å². The lowest BCUT2D eigenvalue weighted by Gasteiger charge is -2.02. The maximum absolute atomic E-state index is 11.5. The Kier molecular flexibility index (Phi) is 3.52. The Hall–Kier alpha value is -1.24. The summed E-state index contributed by atoms with van der Waals surface area (Å²) < 4.78 is 27.8. The zero-order chi connectivity index (χ0) is 13.3. The molecule has 2 rings (SSSR count). The molecule has 0 aliphatic carbocycles. The molecule has 18 heavy (non-hydrogen) atoms. The molecule has 0 aromatic carbocycles. The van der Waals surface area contributed by atoms with Crippen molar-refractivity contribution in [2.75, 3.05) is 11.5 Å². The third kappa shape index (κ3) is 2.60. The fourth-order valence-corrected chi connectivity index (χ4v) is 3.77. The summed E-state index contributed by atoms with van der Waals surface area (Å²) in [6.45, 7) is 3.49. The predicted molar refractivity (Wildman–Crippen MR) is 64.0 cm³/mol. The van der Waals surface area contributed by atoms with Gasteiger partial charge in [-0.15, -0.1) is 0 Å². The standard InChI is InChI=1S/C11H16N2O4S/c1-3-9(14)7(2)11-12-10(13-17-11)8-4-5-18(15,16)6-8/h7-8H,3-6H2,1-2H3. The largest absolute Gasteiger partial charge is 0.339 e. The Morgan fingerprint density at radius 3 is 2.83 bits per heavy atom. The smallest absolute Gasteiger partial charge is 0.236 e. The van der Waals surface area contributed by atoms with Gasteiger partial charge in [0.2, 0.25) is 5.89 Å². The molecule has 1 saturated heterocycles. The van der Waals surface area contributed by atoms with E-state index in [1.54, 1.807) is 13.8 Å². The number of sulfone groups is 1. The number of nitrogens with zero attached hydrogens (tertiary/aromatic N) is 2. The minimum absolute atomic E-state index is 0.0317. The molecular formula is C11H16N2O4S. The number of carbonyl (C=O) groups excluding carboxylic acids is 1. The number of ketones is 1. The first kappa shape index (κ1) is 13.2. The van der Waals surface area contributed by atoms with E-state index in [9.17, 15) is 13.2 Å². The van der Waals surface area contributed by atoms with Crippen molar-refractivity contribution < 1.29 is 17.7 Å². The summed E-state index contributed by atoms with van der Waals surface area (Å²) in [5.74, 6) is 0.338. The van der Waals surface area contributed by atoms with Crippen molar-refractivity contribution in [1.82, 2.24) is 10.1 Å². The summed E-state index contributed by atoms with van der Waals surface area (Å²) in [6, 6.07) is 0. The second-order valence-electron chi connectivity index (χ2n) is 4.63. The molecule has 2 heterocycles. The Bertz CT molecular complexity index is 549. The minimum Gasteiger partial charge on any atom is -0.339 e. The van der Waals surface area contributed by atoms with Gasteiger partial charge in [0.15, 0.2) is 15.7 Å². The van der Waals surface area contributed by atoms with Crippen LogP contribution in [-0.2, 0) is 14.6 Å². The molecule has 0 bridgehead atoms. The van der Waals surface area contributed by atoms with E-state index in [0.717, 1.165) is 0 Å². The van der Waals surface area contributed by atoms with Crippen LogP contribution in [0.3, 0.4) is 0 Å². The average molecular weight is 272 g/mol. The van der Waals surface area contributed by atoms with Gasteiger partial charge < -0.3 is 4.52 Å². The van der Waals surface area contributed by atoms with Crippen LogP contribution in [0.1, 0.15) is 50.2 Å². The lowest BCUT2D eigenvalue weighted by Crippen LogP contribution is -2.09. The predicted octanol–water partition coefficient (Wildman–Crippen LogP) is 1.05. The summed E-state index contributed by atoms with van der Waals surface area (Å²) in [5, 5.41) is 3.80. The van der Waals surface area contributed by atoms with Gasteiger partial charge >= 0.3 is 0 Å². The number of hydrogen-bond acceptors (Lipinski definition) is 6. The van der Waals surface area contributed by atoms with Gasteiger partial charge in [-0.3, -0.25) is 4.79 Å². The van der Waals surface area contributed by atoms with Crippen LogP contribution in [0.4, 0.5) is 0 Å². The maximum Gasteiger partial charge on any atom is 0.236 e. The van der Waals surface area contributed by atoms with Crippen LogP contribution in [0, 0.1) is 0 Å². The van der Waals surface area contributed by atoms with Crippen molar-refractivity contribution in [3.63, 3.8) is 0 Å². The van der Waals surface area contributed by atoms with E-state index in [1.807, 2.05) is 0 Å². The maximum atomic E-state index is 11.5. The molecule has 0 saturated carbocycles. The highest BCUT2D eigenvalue weighted by molar-refractivity contribution is 7.91. The van der Waals surface area contributed by atoms with E-state index in [2.05, 4.69) is 10.1 Å². The Morgan fingerprint density at radius 2 is 2.28 bits per heavy atom. The molecular weight excluding hydrogens is 256 g/mol. The molecule has 0 radical (unpaired) electrons. The second-order valence-corrected chi connectivity index (χ2v) is 6.86. The van der Waals surface area contributed by atoms with Crippen molar-refractivity contribution in [1.29, 1.82) is 0 Å². The molecule has 2 atom stereocenters. The molecule has 0 N–H and O–H groups in total. The zero-order valence-corrected chi connectivity index (χ0v) is 11.2. The monoisotopic (exact) mass is 272 g/mol. The fourth-order valence-electron chi connectivity index (χ4n) is 2.03. The Labute approximate surface area is 106 Å². The highest BCUT2D eigenvalue weighted by atomic mass is 32.2. The highest BCUT2D eigenvalue weighted by Gasteiger charge is 2.33. The normalized spacial score (nSPS) is 24.0. The summed E-state index contributed by atoms with van der Waals surface area (Å²) in [5.41, 5.74) is 0. The number of rotatable bonds is 4. The van der Waals surface area contributed by atoms with E-state index < -0.39 is 15.8 Å². The minimum atomic E-state index is -2.96. The van der Waals surface area contributed by atoms with Gasteiger partial charge in [-0.05, 0) is 13.3 Å². The Morgan fingerprint density at radius 1 is 1.56 bits per heavy atom. The fraction of sp³-hybridized carbons (Fsp3) is 0.727. The third-order valence-electron chi connectivity index (χ3n) is 3.26. The summed E-state index contributed by atoms with van der Waals surface area (Å²) in [6.07, 6.45) is 0.939. The van der Waals surface area contributed by atoms with Gasteiger partial charge in [0.05, 0.1) is 17.4 Å². The first-order valence-corrected chi connectivity index (χ1v) is 7.81. The highest BCUT2D eigenvalue weighted by Crippen LogP contribution is 2.28. The summed E-state index contributed by atoms with van der Waals surface area (Å²) in [4.78, 5) is 15.7. The van der Waals surface area contributed by atoms with Gasteiger partial charge in [-0.1, -0.05) is 12.1 Å². The molecule has 2 unspecified atom stereocenters. The first-order valence-electron chi connectivity index (χ1n) is 5.99. The molecule has 1 fully saturated rings. The second kappa shape index (κ2) is 4.79. The van der Waals surface area contributed by atoms with Gasteiger partial charge in [0, 0.05) is 12.3 Å². The molecule has 1 aromatic heterocycles. The van der Waals surface area contributed by atoms with E-state index >= 15 is 0 Å². The van der Waals surface area contributed by atoms with Crippen LogP contribution in [0.25, 0.3) is 0 Å². The van der Waals surface area contributed by atoms with Crippen LogP contribution in [0.5, 0.6) is 0 Å². The third-order valence-corrected chi connectivity index (χ3v) is 5.02. The van der Waals surface area contributed by atoms with Crippen molar-refractivity contribution in [3.05, 3.63) is 11.7 Å². The molecule has 1 aromatic rings. The molecule has 6 nitrogen and oxygen atoms in total. The zero-order valence-electron chi connectivity index (χ0n) is 10.4. The van der Waals surface area contributed by atoms with Gasteiger partial charge in [0.1, 0.15) is 5.78 Å². The molecule has 0 amide bonds. The molecule has 1 aliphatic rings. The van der Waals surface area contributed by atoms with Gasteiger partial charge in [-0.2, -0.15) is 4.98 Å². The lowest BCUT2D eigenvalue weighted by atomic mass is 10.0. The van der Waals surface area contributed by atoms with Gasteiger partial charge in [-0.25, -0.2) is 8.42 Å². The van der Waals surface area contributed by atoms with Crippen LogP contribution in [0.2, 0.25) is 0 Å². The van der Waals surface area contributed by atoms with Crippen LogP contribution in [-0.4, -0.2) is 35.8 Å². The summed E-state index contributed by atoms with van der Waals surface area (Å²) >= 11 is 0. The average Bonchev–Trinajstić information content (AvgIpc) is 2.93. The quantitative estimate of drug-likeness (QED) is 0.813. The first-order chi connectivity index (χ1) is 8.43. The van der Waals surface area contributed by atoms with Crippen molar-refractivity contribution in [3.8, 4) is 0 Å². The molecule has 7 heteroatoms. The molecule has 1 aliphatic heterocycles. The Balaban J connectivity index is 2.14. The lowest BCUT2D eigenvalue weighted by molar-refractivity contribution is -0.120. The number of hydrogen-bond donors (Lipinski definition) is 0. The van der Waals surface area contributed by atoms with Crippen LogP contribution in [0.15, 0.2) is 4.52 Å². The van der Waals surface area contributed by atoms with Gasteiger partial charge in [0.25, 0.3) is 0 Å². The number of carbonyl (C=O) groups is 1.